The number of imidazole rings is 1. The number of carbonyl (C=O) groups is 1. The second kappa shape index (κ2) is 9.24. The number of anilines is 2. The van der Waals surface area contributed by atoms with Gasteiger partial charge in [-0.2, -0.15) is 0 Å². The molecule has 1 unspecified atom stereocenters. The molecular formula is C26H26N4O2. The molecule has 1 aliphatic rings. The van der Waals surface area contributed by atoms with E-state index in [9.17, 15) is 4.79 Å². The Balaban J connectivity index is 1.33. The van der Waals surface area contributed by atoms with Gasteiger partial charge in [-0.25, -0.2) is 4.98 Å². The van der Waals surface area contributed by atoms with Gasteiger partial charge in [0.1, 0.15) is 5.65 Å². The molecule has 0 saturated carbocycles. The molecule has 32 heavy (non-hydrogen) atoms. The number of carbonyl (C=O) groups excluding carboxylic acids is 1. The van der Waals surface area contributed by atoms with Gasteiger partial charge in [-0.3, -0.25) is 4.79 Å². The van der Waals surface area contributed by atoms with Crippen LogP contribution in [0.25, 0.3) is 5.65 Å². The number of benzene rings is 2. The minimum atomic E-state index is 0.0320. The van der Waals surface area contributed by atoms with Gasteiger partial charge in [0.05, 0.1) is 24.5 Å². The van der Waals surface area contributed by atoms with Crippen LogP contribution in [0.3, 0.4) is 0 Å². The summed E-state index contributed by atoms with van der Waals surface area (Å²) in [6.45, 7) is 2.46. The van der Waals surface area contributed by atoms with Crippen LogP contribution in [0, 0.1) is 5.92 Å². The van der Waals surface area contributed by atoms with Gasteiger partial charge in [-0.05, 0) is 42.3 Å². The third kappa shape index (κ3) is 4.50. The first-order chi connectivity index (χ1) is 15.8. The summed E-state index contributed by atoms with van der Waals surface area (Å²) in [7, 11) is 0. The predicted molar refractivity (Wildman–Crippen MR) is 125 cm³/mol. The Morgan fingerprint density at radius 2 is 1.91 bits per heavy atom. The number of nitrogens with one attached hydrogen (secondary N) is 1. The van der Waals surface area contributed by atoms with E-state index in [0.29, 0.717) is 31.9 Å². The highest BCUT2D eigenvalue weighted by atomic mass is 16.5. The Bertz CT molecular complexity index is 1200. The van der Waals surface area contributed by atoms with E-state index in [0.717, 1.165) is 23.4 Å². The Hall–Kier alpha value is -3.64. The van der Waals surface area contributed by atoms with Crippen LogP contribution in [0.1, 0.15) is 15.9 Å². The quantitative estimate of drug-likeness (QED) is 0.514. The van der Waals surface area contributed by atoms with E-state index in [-0.39, 0.29) is 11.8 Å². The molecule has 1 saturated heterocycles. The molecule has 0 spiro atoms. The van der Waals surface area contributed by atoms with E-state index in [1.165, 1.54) is 5.56 Å². The lowest BCUT2D eigenvalue weighted by Crippen LogP contribution is -2.36. The summed E-state index contributed by atoms with van der Waals surface area (Å²) in [5.41, 5.74) is 4.60. The SMILES string of the molecule is O=C(c1ccccc1Nc1ccccc1)N1CCOCC(Cc2ccc3nccn3c2)C1. The highest BCUT2D eigenvalue weighted by Crippen LogP contribution is 2.24. The lowest BCUT2D eigenvalue weighted by Gasteiger charge is -2.25. The molecule has 1 amide bonds. The highest BCUT2D eigenvalue weighted by molar-refractivity contribution is 6.00. The number of rotatable bonds is 5. The molecule has 2 aromatic heterocycles. The molecule has 1 atom stereocenters. The van der Waals surface area contributed by atoms with Crippen LogP contribution in [-0.2, 0) is 11.2 Å². The molecule has 0 bridgehead atoms. The number of pyridine rings is 1. The van der Waals surface area contributed by atoms with E-state index in [1.807, 2.05) is 76.2 Å². The van der Waals surface area contributed by atoms with Crippen LogP contribution >= 0.6 is 0 Å². The topological polar surface area (TPSA) is 58.9 Å². The van der Waals surface area contributed by atoms with Gasteiger partial charge in [0.25, 0.3) is 5.91 Å². The number of ether oxygens (including phenoxy) is 1. The molecule has 2 aromatic carbocycles. The van der Waals surface area contributed by atoms with Crippen molar-refractivity contribution in [3.05, 3.63) is 96.4 Å². The molecular weight excluding hydrogens is 400 g/mol. The van der Waals surface area contributed by atoms with Crippen LogP contribution in [-0.4, -0.2) is 46.5 Å². The average Bonchev–Trinajstić information content (AvgIpc) is 3.17. The summed E-state index contributed by atoms with van der Waals surface area (Å²) in [5, 5.41) is 3.39. The molecule has 6 nitrogen and oxygen atoms in total. The molecule has 1 fully saturated rings. The lowest BCUT2D eigenvalue weighted by atomic mass is 10.0. The van der Waals surface area contributed by atoms with Crippen molar-refractivity contribution < 1.29 is 9.53 Å². The third-order valence-corrected chi connectivity index (χ3v) is 5.81. The maximum atomic E-state index is 13.5. The van der Waals surface area contributed by atoms with Crippen molar-refractivity contribution in [1.82, 2.24) is 14.3 Å². The maximum absolute atomic E-state index is 13.5. The van der Waals surface area contributed by atoms with Crippen LogP contribution in [0.15, 0.2) is 85.3 Å². The summed E-state index contributed by atoms with van der Waals surface area (Å²) >= 11 is 0. The first-order valence-electron chi connectivity index (χ1n) is 11.0. The lowest BCUT2D eigenvalue weighted by molar-refractivity contribution is 0.0738. The molecule has 162 valence electrons. The molecule has 3 heterocycles. The van der Waals surface area contributed by atoms with Crippen LogP contribution in [0.5, 0.6) is 0 Å². The zero-order valence-corrected chi connectivity index (χ0v) is 17.9. The molecule has 5 rings (SSSR count). The number of fused-ring (bicyclic) bond motifs is 1. The van der Waals surface area contributed by atoms with Crippen molar-refractivity contribution >= 4 is 22.9 Å². The van der Waals surface area contributed by atoms with E-state index in [4.69, 9.17) is 4.74 Å². The zero-order valence-electron chi connectivity index (χ0n) is 17.9. The number of amides is 1. The normalized spacial score (nSPS) is 16.6. The number of hydrogen-bond donors (Lipinski definition) is 1. The van der Waals surface area contributed by atoms with Crippen LogP contribution < -0.4 is 5.32 Å². The van der Waals surface area contributed by atoms with E-state index >= 15 is 0 Å². The summed E-state index contributed by atoms with van der Waals surface area (Å²) in [6.07, 6.45) is 6.71. The van der Waals surface area contributed by atoms with Gasteiger partial charge < -0.3 is 19.4 Å². The van der Waals surface area contributed by atoms with Crippen molar-refractivity contribution in [1.29, 1.82) is 0 Å². The highest BCUT2D eigenvalue weighted by Gasteiger charge is 2.25. The number of nitrogens with zero attached hydrogens (tertiary/aromatic N) is 3. The van der Waals surface area contributed by atoms with Crippen molar-refractivity contribution in [2.75, 3.05) is 31.6 Å². The largest absolute Gasteiger partial charge is 0.379 e. The molecule has 1 aliphatic heterocycles. The summed E-state index contributed by atoms with van der Waals surface area (Å²) in [6, 6.07) is 21.8. The molecule has 1 N–H and O–H groups in total. The van der Waals surface area contributed by atoms with E-state index in [2.05, 4.69) is 22.6 Å². The first kappa shape index (κ1) is 20.3. The average molecular weight is 427 g/mol. The van der Waals surface area contributed by atoms with Crippen molar-refractivity contribution in [2.45, 2.75) is 6.42 Å². The van der Waals surface area contributed by atoms with Gasteiger partial charge >= 0.3 is 0 Å². The fourth-order valence-corrected chi connectivity index (χ4v) is 4.23. The second-order valence-electron chi connectivity index (χ2n) is 8.16. The minimum Gasteiger partial charge on any atom is -0.379 e. The van der Waals surface area contributed by atoms with Crippen molar-refractivity contribution in [3.63, 3.8) is 0 Å². The first-order valence-corrected chi connectivity index (χ1v) is 11.0. The van der Waals surface area contributed by atoms with Crippen molar-refractivity contribution in [3.8, 4) is 0 Å². The van der Waals surface area contributed by atoms with Crippen LogP contribution in [0.4, 0.5) is 11.4 Å². The summed E-state index contributed by atoms with van der Waals surface area (Å²) < 4.78 is 7.89. The summed E-state index contributed by atoms with van der Waals surface area (Å²) in [5.74, 6) is 0.265. The Labute approximate surface area is 187 Å². The number of hydrogen-bond acceptors (Lipinski definition) is 4. The minimum absolute atomic E-state index is 0.0320. The third-order valence-electron chi connectivity index (χ3n) is 5.81. The van der Waals surface area contributed by atoms with Gasteiger partial charge in [0, 0.05) is 43.3 Å². The maximum Gasteiger partial charge on any atom is 0.256 e. The number of para-hydroxylation sites is 2. The zero-order chi connectivity index (χ0) is 21.8. The Morgan fingerprint density at radius 1 is 1.06 bits per heavy atom. The second-order valence-corrected chi connectivity index (χ2v) is 8.16. The van der Waals surface area contributed by atoms with E-state index < -0.39 is 0 Å². The summed E-state index contributed by atoms with van der Waals surface area (Å²) in [4.78, 5) is 19.8. The van der Waals surface area contributed by atoms with E-state index in [1.54, 1.807) is 6.20 Å². The Kier molecular flexibility index (Phi) is 5.85. The fraction of sp³-hybridized carbons (Fsp3) is 0.231. The fourth-order valence-electron chi connectivity index (χ4n) is 4.23. The molecule has 4 aromatic rings. The standard InChI is InChI=1S/C26H26N4O2/c31-26(23-8-4-5-9-24(23)28-22-6-2-1-3-7-22)30-14-15-32-19-21(18-30)16-20-10-11-25-27-12-13-29(25)17-20/h1-13,17,21,28H,14-16,18-19H2. The monoisotopic (exact) mass is 426 g/mol. The molecule has 6 heteroatoms. The number of aromatic nitrogens is 2. The van der Waals surface area contributed by atoms with Crippen molar-refractivity contribution in [2.24, 2.45) is 5.92 Å². The van der Waals surface area contributed by atoms with Crippen LogP contribution in [0.2, 0.25) is 0 Å². The Morgan fingerprint density at radius 3 is 2.81 bits per heavy atom. The van der Waals surface area contributed by atoms with Gasteiger partial charge in [0.2, 0.25) is 0 Å². The van der Waals surface area contributed by atoms with Gasteiger partial charge in [0.15, 0.2) is 0 Å². The smallest absolute Gasteiger partial charge is 0.256 e. The van der Waals surface area contributed by atoms with Gasteiger partial charge in [-0.1, -0.05) is 36.4 Å². The predicted octanol–water partition coefficient (Wildman–Crippen LogP) is 4.41. The molecule has 0 aliphatic carbocycles. The molecule has 0 radical (unpaired) electrons. The van der Waals surface area contributed by atoms with Gasteiger partial charge in [-0.15, -0.1) is 0 Å².